The van der Waals surface area contributed by atoms with Gasteiger partial charge in [-0.15, -0.1) is 12.4 Å². The number of benzene rings is 2. The second kappa shape index (κ2) is 10.3. The molecule has 2 aromatic rings. The summed E-state index contributed by atoms with van der Waals surface area (Å²) in [5.74, 6) is 0.0800. The molecule has 6 heteroatoms. The maximum atomic E-state index is 12.9. The minimum absolute atomic E-state index is 0. The van der Waals surface area contributed by atoms with Crippen LogP contribution in [0.4, 0.5) is 0 Å². The van der Waals surface area contributed by atoms with Crippen molar-refractivity contribution in [3.8, 4) is 0 Å². The molecule has 0 radical (unpaired) electrons. The van der Waals surface area contributed by atoms with E-state index in [4.69, 9.17) is 23.2 Å². The van der Waals surface area contributed by atoms with Crippen molar-refractivity contribution in [1.29, 1.82) is 0 Å². The van der Waals surface area contributed by atoms with E-state index >= 15 is 0 Å². The summed E-state index contributed by atoms with van der Waals surface area (Å²) in [6.45, 7) is 3.09. The Morgan fingerprint density at radius 1 is 1.07 bits per heavy atom. The molecule has 3 nitrogen and oxygen atoms in total. The normalized spacial score (nSPS) is 15.2. The summed E-state index contributed by atoms with van der Waals surface area (Å²) in [5, 5.41) is 0.990. The molecule has 2 aromatic carbocycles. The lowest BCUT2D eigenvalue weighted by atomic mass is 10.0. The van der Waals surface area contributed by atoms with Gasteiger partial charge in [-0.05, 0) is 49.2 Å². The molecule has 3 rings (SSSR count). The summed E-state index contributed by atoms with van der Waals surface area (Å²) in [5.41, 5.74) is 2.05. The van der Waals surface area contributed by atoms with E-state index in [0.717, 1.165) is 25.2 Å². The fourth-order valence-electron chi connectivity index (χ4n) is 3.46. The zero-order valence-corrected chi connectivity index (χ0v) is 17.7. The van der Waals surface area contributed by atoms with Crippen LogP contribution in [0, 0.1) is 0 Å². The largest absolute Gasteiger partial charge is 0.337 e. The number of nitrogens with zero attached hydrogens (tertiary/aromatic N) is 2. The molecular weight excluding hydrogens is 403 g/mol. The van der Waals surface area contributed by atoms with E-state index in [1.165, 1.54) is 18.4 Å². The van der Waals surface area contributed by atoms with Crippen LogP contribution in [0.15, 0.2) is 48.5 Å². The highest BCUT2D eigenvalue weighted by molar-refractivity contribution is 6.42. The van der Waals surface area contributed by atoms with Gasteiger partial charge in [0.25, 0.3) is 0 Å². The molecule has 0 spiro atoms. The van der Waals surface area contributed by atoms with Gasteiger partial charge in [-0.1, -0.05) is 59.6 Å². The molecule has 0 saturated carbocycles. The van der Waals surface area contributed by atoms with Crippen LogP contribution in [0.1, 0.15) is 30.0 Å². The van der Waals surface area contributed by atoms with Gasteiger partial charge in [0.15, 0.2) is 0 Å². The monoisotopic (exact) mass is 426 g/mol. The Balaban J connectivity index is 0.00000261. The third-order valence-electron chi connectivity index (χ3n) is 5.01. The molecular formula is C21H25Cl3N2O. The van der Waals surface area contributed by atoms with E-state index in [9.17, 15) is 4.79 Å². The first-order chi connectivity index (χ1) is 12.5. The van der Waals surface area contributed by atoms with E-state index < -0.39 is 0 Å². The Kier molecular flexibility index (Phi) is 8.43. The third kappa shape index (κ3) is 5.86. The van der Waals surface area contributed by atoms with Crippen LogP contribution < -0.4 is 0 Å². The summed E-state index contributed by atoms with van der Waals surface area (Å²) < 4.78 is 0. The molecule has 1 aliphatic rings. The minimum atomic E-state index is 0. The molecule has 0 aliphatic carbocycles. The Bertz CT molecular complexity index is 748. The molecule has 1 fully saturated rings. The number of amides is 1. The van der Waals surface area contributed by atoms with E-state index in [1.807, 2.05) is 36.2 Å². The summed E-state index contributed by atoms with van der Waals surface area (Å²) in [7, 11) is 1.90. The van der Waals surface area contributed by atoms with Gasteiger partial charge in [-0.25, -0.2) is 0 Å². The summed E-state index contributed by atoms with van der Waals surface area (Å²) >= 11 is 12.1. The zero-order chi connectivity index (χ0) is 18.5. The standard InChI is InChI=1S/C21H24Cl2N2O.ClH/c1-24(21(26)14-16-9-10-18(22)19(23)13-16)20(15-25-11-5-6-12-25)17-7-3-2-4-8-17;/h2-4,7-10,13,20H,5-6,11-12,14-15H2,1H3;1H/t20-;/m0./s1. The highest BCUT2D eigenvalue weighted by Gasteiger charge is 2.25. The number of likely N-dealkylation sites (tertiary alicyclic amines) is 1. The molecule has 1 aliphatic heterocycles. The Morgan fingerprint density at radius 3 is 2.37 bits per heavy atom. The Labute approximate surface area is 177 Å². The van der Waals surface area contributed by atoms with Gasteiger partial charge in [-0.2, -0.15) is 0 Å². The van der Waals surface area contributed by atoms with Crippen molar-refractivity contribution in [2.45, 2.75) is 25.3 Å². The highest BCUT2D eigenvalue weighted by atomic mass is 35.5. The van der Waals surface area contributed by atoms with Crippen LogP contribution in [-0.4, -0.2) is 42.4 Å². The predicted molar refractivity (Wildman–Crippen MR) is 115 cm³/mol. The van der Waals surface area contributed by atoms with Crippen molar-refractivity contribution >= 4 is 41.5 Å². The molecule has 0 unspecified atom stereocenters. The van der Waals surface area contributed by atoms with E-state index in [0.29, 0.717) is 16.5 Å². The predicted octanol–water partition coefficient (Wildman–Crippen LogP) is 5.25. The number of carbonyl (C=O) groups excluding carboxylic acids is 1. The van der Waals surface area contributed by atoms with Crippen molar-refractivity contribution in [1.82, 2.24) is 9.80 Å². The van der Waals surface area contributed by atoms with Gasteiger partial charge in [0.05, 0.1) is 22.5 Å². The fraction of sp³-hybridized carbons (Fsp3) is 0.381. The van der Waals surface area contributed by atoms with Gasteiger partial charge in [0.2, 0.25) is 5.91 Å². The van der Waals surface area contributed by atoms with Crippen LogP contribution >= 0.6 is 35.6 Å². The molecule has 0 bridgehead atoms. The topological polar surface area (TPSA) is 23.6 Å². The summed E-state index contributed by atoms with van der Waals surface area (Å²) in [6.07, 6.45) is 2.79. The summed E-state index contributed by atoms with van der Waals surface area (Å²) in [4.78, 5) is 17.2. The highest BCUT2D eigenvalue weighted by Crippen LogP contribution is 2.26. The maximum Gasteiger partial charge on any atom is 0.227 e. The van der Waals surface area contributed by atoms with Gasteiger partial charge in [0.1, 0.15) is 0 Å². The van der Waals surface area contributed by atoms with Crippen molar-refractivity contribution in [3.05, 3.63) is 69.7 Å². The maximum absolute atomic E-state index is 12.9. The fourth-order valence-corrected chi connectivity index (χ4v) is 3.78. The Hall–Kier alpha value is -1.26. The van der Waals surface area contributed by atoms with Crippen molar-refractivity contribution in [2.24, 2.45) is 0 Å². The van der Waals surface area contributed by atoms with E-state index in [-0.39, 0.29) is 24.4 Å². The lowest BCUT2D eigenvalue weighted by Crippen LogP contribution is -2.39. The van der Waals surface area contributed by atoms with Crippen molar-refractivity contribution < 1.29 is 4.79 Å². The molecule has 0 N–H and O–H groups in total. The van der Waals surface area contributed by atoms with Crippen molar-refractivity contribution in [2.75, 3.05) is 26.7 Å². The lowest BCUT2D eigenvalue weighted by molar-refractivity contribution is -0.131. The smallest absolute Gasteiger partial charge is 0.227 e. The van der Waals surface area contributed by atoms with Crippen molar-refractivity contribution in [3.63, 3.8) is 0 Å². The van der Waals surface area contributed by atoms with Crippen LogP contribution in [-0.2, 0) is 11.2 Å². The molecule has 146 valence electrons. The summed E-state index contributed by atoms with van der Waals surface area (Å²) in [6, 6.07) is 15.7. The molecule has 1 amide bonds. The molecule has 1 heterocycles. The van der Waals surface area contributed by atoms with E-state index in [2.05, 4.69) is 17.0 Å². The quantitative estimate of drug-likeness (QED) is 0.628. The lowest BCUT2D eigenvalue weighted by Gasteiger charge is -2.32. The number of halogens is 3. The van der Waals surface area contributed by atoms with Gasteiger partial charge in [0, 0.05) is 13.6 Å². The van der Waals surface area contributed by atoms with Crippen LogP contribution in [0.2, 0.25) is 10.0 Å². The second-order valence-corrected chi connectivity index (χ2v) is 7.68. The number of hydrogen-bond acceptors (Lipinski definition) is 2. The number of hydrogen-bond donors (Lipinski definition) is 0. The molecule has 1 atom stereocenters. The molecule has 0 aromatic heterocycles. The minimum Gasteiger partial charge on any atom is -0.337 e. The molecule has 1 saturated heterocycles. The second-order valence-electron chi connectivity index (χ2n) is 6.86. The third-order valence-corrected chi connectivity index (χ3v) is 5.75. The number of carbonyl (C=O) groups is 1. The SMILES string of the molecule is CN(C(=O)Cc1ccc(Cl)c(Cl)c1)[C@@H](CN1CCCC1)c1ccccc1.Cl. The van der Waals surface area contributed by atoms with Gasteiger partial charge < -0.3 is 9.80 Å². The first-order valence-electron chi connectivity index (χ1n) is 9.01. The van der Waals surface area contributed by atoms with E-state index in [1.54, 1.807) is 12.1 Å². The van der Waals surface area contributed by atoms with Gasteiger partial charge >= 0.3 is 0 Å². The Morgan fingerprint density at radius 2 is 1.74 bits per heavy atom. The molecule has 27 heavy (non-hydrogen) atoms. The number of rotatable bonds is 6. The van der Waals surface area contributed by atoms with Gasteiger partial charge in [-0.3, -0.25) is 4.79 Å². The first-order valence-corrected chi connectivity index (χ1v) is 9.77. The number of likely N-dealkylation sites (N-methyl/N-ethyl adjacent to an activating group) is 1. The van der Waals surface area contributed by atoms with Crippen LogP contribution in [0.3, 0.4) is 0 Å². The van der Waals surface area contributed by atoms with Crippen LogP contribution in [0.5, 0.6) is 0 Å². The average Bonchev–Trinajstić information content (AvgIpc) is 3.16. The average molecular weight is 428 g/mol. The zero-order valence-electron chi connectivity index (χ0n) is 15.4. The first kappa shape index (κ1) is 22.0. The van der Waals surface area contributed by atoms with Crippen LogP contribution in [0.25, 0.3) is 0 Å².